The Morgan fingerprint density at radius 3 is 2.30 bits per heavy atom. The Hall–Kier alpha value is -2.87. The van der Waals surface area contributed by atoms with Crippen LogP contribution in [0, 0.1) is 0 Å². The maximum absolute atomic E-state index is 11.8. The van der Waals surface area contributed by atoms with E-state index in [0.29, 0.717) is 0 Å². The van der Waals surface area contributed by atoms with Crippen LogP contribution in [0.3, 0.4) is 0 Å². The highest BCUT2D eigenvalue weighted by atomic mass is 35.5. The lowest BCUT2D eigenvalue weighted by molar-refractivity contribution is -0.128. The largest absolute Gasteiger partial charge is 0.505 e. The smallest absolute Gasteiger partial charge is 0.358 e. The molecular formula is C14H12ClN3O5. The number of amides is 2. The van der Waals surface area contributed by atoms with Crippen molar-refractivity contribution in [2.45, 2.75) is 11.9 Å². The van der Waals surface area contributed by atoms with E-state index >= 15 is 0 Å². The van der Waals surface area contributed by atoms with Crippen LogP contribution in [-0.4, -0.2) is 33.0 Å². The lowest BCUT2D eigenvalue weighted by atomic mass is 10.0. The first-order valence-corrected chi connectivity index (χ1v) is 6.69. The molecule has 1 heterocycles. The summed E-state index contributed by atoms with van der Waals surface area (Å²) in [5.74, 6) is -3.92. The molecule has 5 N–H and O–H groups in total. The molecule has 23 heavy (non-hydrogen) atoms. The van der Waals surface area contributed by atoms with Gasteiger partial charge in [-0.05, 0) is 0 Å². The third-order valence-corrected chi connectivity index (χ3v) is 3.56. The summed E-state index contributed by atoms with van der Waals surface area (Å²) in [6, 6.07) is 6.01. The molecule has 1 aromatic carbocycles. The van der Waals surface area contributed by atoms with Gasteiger partial charge in [0.15, 0.2) is 11.4 Å². The predicted molar refractivity (Wildman–Crippen MR) is 80.9 cm³/mol. The number of aromatic nitrogens is 1. The van der Waals surface area contributed by atoms with Gasteiger partial charge in [0.25, 0.3) is 5.91 Å². The molecule has 2 rings (SSSR count). The van der Waals surface area contributed by atoms with Gasteiger partial charge in [0, 0.05) is 17.7 Å². The molecule has 1 aromatic heterocycles. The van der Waals surface area contributed by atoms with Gasteiger partial charge in [-0.25, -0.2) is 9.78 Å². The molecule has 0 spiro atoms. The lowest BCUT2D eigenvalue weighted by Crippen LogP contribution is -2.51. The number of carbonyl (C=O) groups excluding carboxylic acids is 2. The summed E-state index contributed by atoms with van der Waals surface area (Å²) in [4.78, 5) is 35.9. The number of carboxylic acids is 1. The average molecular weight is 338 g/mol. The quantitative estimate of drug-likeness (QED) is 0.476. The molecule has 2 amide bonds. The summed E-state index contributed by atoms with van der Waals surface area (Å²) in [6.45, 7) is 1.11. The van der Waals surface area contributed by atoms with Gasteiger partial charge in [0.05, 0.1) is 0 Å². The van der Waals surface area contributed by atoms with E-state index in [1.165, 1.54) is 12.1 Å². The Bertz CT molecular complexity index is 839. The van der Waals surface area contributed by atoms with Crippen LogP contribution in [-0.2, 0) is 14.6 Å². The number of nitrogens with one attached hydrogen (secondary N) is 1. The lowest BCUT2D eigenvalue weighted by Gasteiger charge is -2.25. The molecule has 0 fully saturated rings. The van der Waals surface area contributed by atoms with Crippen molar-refractivity contribution in [1.82, 2.24) is 10.3 Å². The highest BCUT2D eigenvalue weighted by molar-refractivity contribution is 6.36. The van der Waals surface area contributed by atoms with Crippen LogP contribution in [0.25, 0.3) is 10.8 Å². The number of nitrogens with zero attached hydrogens (tertiary/aromatic N) is 1. The van der Waals surface area contributed by atoms with E-state index in [1.807, 2.05) is 0 Å². The van der Waals surface area contributed by atoms with Crippen LogP contribution >= 0.6 is 11.6 Å². The Morgan fingerprint density at radius 1 is 1.26 bits per heavy atom. The van der Waals surface area contributed by atoms with Crippen LogP contribution < -0.4 is 11.1 Å². The number of halogens is 1. The van der Waals surface area contributed by atoms with Gasteiger partial charge in [-0.2, -0.15) is 0 Å². The maximum atomic E-state index is 11.8. The topological polar surface area (TPSA) is 143 Å². The first-order chi connectivity index (χ1) is 10.7. The van der Waals surface area contributed by atoms with Gasteiger partial charge in [-0.1, -0.05) is 35.9 Å². The van der Waals surface area contributed by atoms with Gasteiger partial charge in [-0.3, -0.25) is 9.59 Å². The number of aromatic carboxylic acids is 1. The summed E-state index contributed by atoms with van der Waals surface area (Å²) >= 11 is 6.16. The molecule has 0 radical (unpaired) electrons. The SMILES string of the molecule is CC(=O)NC(Cl)(C(N)=O)c1nc(C(=O)O)c(O)c2ccccc12. The normalized spacial score (nSPS) is 13.3. The number of hydrogen-bond acceptors (Lipinski definition) is 5. The Morgan fingerprint density at radius 2 is 1.83 bits per heavy atom. The zero-order valence-electron chi connectivity index (χ0n) is 11.8. The zero-order valence-corrected chi connectivity index (χ0v) is 12.6. The van der Waals surface area contributed by atoms with Gasteiger partial charge in [0.2, 0.25) is 10.9 Å². The fraction of sp³-hybridized carbons (Fsp3) is 0.143. The van der Waals surface area contributed by atoms with E-state index in [-0.39, 0.29) is 16.5 Å². The van der Waals surface area contributed by atoms with E-state index < -0.39 is 34.2 Å². The van der Waals surface area contributed by atoms with Crippen molar-refractivity contribution in [2.75, 3.05) is 0 Å². The van der Waals surface area contributed by atoms with Gasteiger partial charge in [-0.15, -0.1) is 0 Å². The van der Waals surface area contributed by atoms with Crippen molar-refractivity contribution in [2.24, 2.45) is 5.73 Å². The Kier molecular flexibility index (Phi) is 4.11. The number of nitrogens with two attached hydrogens (primary N) is 1. The molecule has 0 saturated carbocycles. The highest BCUT2D eigenvalue weighted by Crippen LogP contribution is 2.36. The number of rotatable bonds is 4. The number of benzene rings is 1. The molecule has 120 valence electrons. The van der Waals surface area contributed by atoms with Crippen LogP contribution in [0.4, 0.5) is 0 Å². The van der Waals surface area contributed by atoms with Crippen LogP contribution in [0.5, 0.6) is 5.75 Å². The fourth-order valence-corrected chi connectivity index (χ4v) is 2.42. The summed E-state index contributed by atoms with van der Waals surface area (Å²) < 4.78 is 0. The molecule has 0 aliphatic rings. The number of carboxylic acid groups (broad SMARTS) is 1. The van der Waals surface area contributed by atoms with Crippen LogP contribution in [0.2, 0.25) is 0 Å². The number of fused-ring (bicyclic) bond motifs is 1. The number of hydrogen-bond donors (Lipinski definition) is 4. The van der Waals surface area contributed by atoms with Gasteiger partial charge < -0.3 is 21.3 Å². The fourth-order valence-electron chi connectivity index (χ4n) is 2.14. The van der Waals surface area contributed by atoms with Crippen molar-refractivity contribution in [3.8, 4) is 5.75 Å². The minimum Gasteiger partial charge on any atom is -0.505 e. The number of carbonyl (C=O) groups is 3. The van der Waals surface area contributed by atoms with E-state index in [9.17, 15) is 19.5 Å². The monoisotopic (exact) mass is 337 g/mol. The zero-order chi connectivity index (χ0) is 17.4. The Balaban J connectivity index is 2.92. The summed E-state index contributed by atoms with van der Waals surface area (Å²) in [5.41, 5.74) is 4.27. The minimum absolute atomic E-state index is 0.103. The molecule has 1 atom stereocenters. The molecule has 0 saturated heterocycles. The van der Waals surface area contributed by atoms with Crippen molar-refractivity contribution in [3.05, 3.63) is 35.7 Å². The highest BCUT2D eigenvalue weighted by Gasteiger charge is 2.41. The molecule has 0 aliphatic heterocycles. The van der Waals surface area contributed by atoms with Gasteiger partial charge in [0.1, 0.15) is 5.69 Å². The molecular weight excluding hydrogens is 326 g/mol. The number of primary amides is 1. The van der Waals surface area contributed by atoms with E-state index in [1.54, 1.807) is 12.1 Å². The summed E-state index contributed by atoms with van der Waals surface area (Å²) in [7, 11) is 0. The summed E-state index contributed by atoms with van der Waals surface area (Å²) in [6.07, 6.45) is 0. The van der Waals surface area contributed by atoms with Crippen molar-refractivity contribution < 1.29 is 24.6 Å². The Labute approximate surface area is 134 Å². The van der Waals surface area contributed by atoms with Crippen LogP contribution in [0.1, 0.15) is 23.1 Å². The van der Waals surface area contributed by atoms with E-state index in [0.717, 1.165) is 6.92 Å². The van der Waals surface area contributed by atoms with Crippen molar-refractivity contribution >= 4 is 40.2 Å². The number of alkyl halides is 1. The number of pyridine rings is 1. The van der Waals surface area contributed by atoms with Crippen molar-refractivity contribution in [3.63, 3.8) is 0 Å². The van der Waals surface area contributed by atoms with Crippen LogP contribution in [0.15, 0.2) is 24.3 Å². The molecule has 8 nitrogen and oxygen atoms in total. The maximum Gasteiger partial charge on any atom is 0.358 e. The third kappa shape index (κ3) is 2.76. The van der Waals surface area contributed by atoms with Crippen molar-refractivity contribution in [1.29, 1.82) is 0 Å². The molecule has 1 unspecified atom stereocenters. The first-order valence-electron chi connectivity index (χ1n) is 6.31. The van der Waals surface area contributed by atoms with E-state index in [2.05, 4.69) is 10.3 Å². The minimum atomic E-state index is -2.26. The second-order valence-corrected chi connectivity index (χ2v) is 5.28. The molecule has 9 heteroatoms. The number of aromatic hydroxyl groups is 1. The molecule has 2 aromatic rings. The van der Waals surface area contributed by atoms with Gasteiger partial charge >= 0.3 is 5.97 Å². The second-order valence-electron chi connectivity index (χ2n) is 4.71. The standard InChI is InChI=1S/C14H12ClN3O5/c1-6(19)18-14(15,13(16)23)11-8-5-3-2-4-7(8)10(20)9(17-11)12(21)22/h2-5,20H,1H3,(H2,16,23)(H,18,19)(H,21,22). The van der Waals surface area contributed by atoms with E-state index in [4.69, 9.17) is 22.4 Å². The molecule has 0 bridgehead atoms. The first kappa shape index (κ1) is 16.5. The summed E-state index contributed by atoms with van der Waals surface area (Å²) in [5, 5.41) is 21.7. The average Bonchev–Trinajstić information content (AvgIpc) is 2.46. The second kappa shape index (κ2) is 5.73. The third-order valence-electron chi connectivity index (χ3n) is 3.10. The predicted octanol–water partition coefficient (Wildman–Crippen LogP) is 0.652. The molecule has 0 aliphatic carbocycles.